The van der Waals surface area contributed by atoms with Gasteiger partial charge in [-0.05, 0) is 119 Å². The van der Waals surface area contributed by atoms with Crippen molar-refractivity contribution < 1.29 is 8.42 Å². The van der Waals surface area contributed by atoms with Gasteiger partial charge < -0.3 is 19.7 Å². The van der Waals surface area contributed by atoms with E-state index in [0.717, 1.165) is 58.9 Å². The molecule has 2 atom stereocenters. The summed E-state index contributed by atoms with van der Waals surface area (Å²) in [5, 5.41) is 4.13. The van der Waals surface area contributed by atoms with Gasteiger partial charge in [0.2, 0.25) is 10.0 Å². The van der Waals surface area contributed by atoms with Crippen LogP contribution in [0.3, 0.4) is 0 Å². The molecule has 0 unspecified atom stereocenters. The molecule has 0 bridgehead atoms. The van der Waals surface area contributed by atoms with E-state index in [1.165, 1.54) is 5.69 Å². The van der Waals surface area contributed by atoms with E-state index < -0.39 is 10.0 Å². The van der Waals surface area contributed by atoms with Crippen LogP contribution in [0, 0.1) is 20.8 Å². The summed E-state index contributed by atoms with van der Waals surface area (Å²) in [6.45, 7) is 12.4. The number of nitrogens with one attached hydrogen (secondary N) is 2. The Bertz CT molecular complexity index is 1700. The third kappa shape index (κ3) is 5.73. The maximum atomic E-state index is 11.9. The van der Waals surface area contributed by atoms with Gasteiger partial charge in [0.15, 0.2) is 5.11 Å². The number of nitrogens with zero attached hydrogens (tertiary/aromatic N) is 4. The second-order valence-electron chi connectivity index (χ2n) is 10.7. The Morgan fingerprint density at radius 2 is 1.67 bits per heavy atom. The fraction of sp³-hybridized carbons (Fsp3) is 0.312. The molecule has 2 aromatic heterocycles. The second-order valence-corrected chi connectivity index (χ2v) is 12.9. The Balaban J connectivity index is 1.60. The molecule has 2 N–H and O–H groups in total. The average molecular weight is 603 g/mol. The zero-order valence-corrected chi connectivity index (χ0v) is 26.6. The predicted octanol–water partition coefficient (Wildman–Crippen LogP) is 6.19. The summed E-state index contributed by atoms with van der Waals surface area (Å²) in [5.74, 6) is 0. The van der Waals surface area contributed by atoms with Gasteiger partial charge in [-0.3, -0.25) is 9.71 Å². The Labute approximate surface area is 254 Å². The molecule has 0 radical (unpaired) electrons. The zero-order valence-electron chi connectivity index (χ0n) is 24.9. The number of anilines is 3. The summed E-state index contributed by atoms with van der Waals surface area (Å²) in [7, 11) is -3.40. The topological polar surface area (TPSA) is 82.5 Å². The highest BCUT2D eigenvalue weighted by molar-refractivity contribution is 7.92. The van der Waals surface area contributed by atoms with Crippen LogP contribution in [0.15, 0.2) is 72.9 Å². The Hall–Kier alpha value is -3.89. The van der Waals surface area contributed by atoms with Gasteiger partial charge in [0, 0.05) is 47.7 Å². The van der Waals surface area contributed by atoms with Crippen LogP contribution in [0.25, 0.3) is 5.69 Å². The number of thiocarbonyl (C=S) groups is 1. The zero-order chi connectivity index (χ0) is 30.2. The quantitative estimate of drug-likeness (QED) is 0.221. The van der Waals surface area contributed by atoms with Gasteiger partial charge in [-0.25, -0.2) is 8.42 Å². The molecule has 1 saturated heterocycles. The monoisotopic (exact) mass is 602 g/mol. The third-order valence-electron chi connectivity index (χ3n) is 7.91. The van der Waals surface area contributed by atoms with Gasteiger partial charge >= 0.3 is 0 Å². The first kappa shape index (κ1) is 29.6. The summed E-state index contributed by atoms with van der Waals surface area (Å²) in [5.41, 5.74) is 8.82. The molecule has 0 aliphatic carbocycles. The maximum Gasteiger partial charge on any atom is 0.229 e. The molecule has 3 heterocycles. The molecule has 220 valence electrons. The van der Waals surface area contributed by atoms with Crippen LogP contribution in [-0.2, 0) is 10.0 Å². The smallest absolute Gasteiger partial charge is 0.229 e. The predicted molar refractivity (Wildman–Crippen MR) is 176 cm³/mol. The van der Waals surface area contributed by atoms with E-state index in [9.17, 15) is 8.42 Å². The minimum absolute atomic E-state index is 0.185. The number of pyridine rings is 1. The van der Waals surface area contributed by atoms with Crippen molar-refractivity contribution in [2.75, 3.05) is 33.9 Å². The standard InChI is InChI=1S/C32H38N6O2S2/c1-7-36(8-2)24-12-14-25(15-13-24)37-22(4)20-27(23(37)5)31-30(29-11-9-10-18-33-29)34-32(41)38(31)26-16-17-28(21(3)19-26)35-42(6,39)40/h9-20,30-31,35H,7-8H2,1-6H3,(H,34,41)/t30-,31-/m1/s1. The number of rotatable bonds is 9. The van der Waals surface area contributed by atoms with Crippen molar-refractivity contribution in [2.24, 2.45) is 0 Å². The van der Waals surface area contributed by atoms with E-state index in [-0.39, 0.29) is 12.1 Å². The van der Waals surface area contributed by atoms with E-state index in [2.05, 4.69) is 82.4 Å². The van der Waals surface area contributed by atoms with Gasteiger partial charge in [0.1, 0.15) is 0 Å². The molecule has 10 heteroatoms. The van der Waals surface area contributed by atoms with Crippen molar-refractivity contribution in [3.05, 3.63) is 101 Å². The normalized spacial score (nSPS) is 16.9. The van der Waals surface area contributed by atoms with Crippen LogP contribution in [-0.4, -0.2) is 42.4 Å². The molecular weight excluding hydrogens is 565 g/mol. The third-order valence-corrected chi connectivity index (χ3v) is 8.81. The summed E-state index contributed by atoms with van der Waals surface area (Å²) >= 11 is 5.94. The van der Waals surface area contributed by atoms with E-state index in [0.29, 0.717) is 10.8 Å². The highest BCUT2D eigenvalue weighted by Gasteiger charge is 2.42. The lowest BCUT2D eigenvalue weighted by atomic mass is 9.96. The molecule has 0 amide bonds. The summed E-state index contributed by atoms with van der Waals surface area (Å²) < 4.78 is 28.7. The first-order valence-electron chi connectivity index (χ1n) is 14.2. The lowest BCUT2D eigenvalue weighted by molar-refractivity contribution is 0.565. The van der Waals surface area contributed by atoms with Crippen molar-refractivity contribution in [1.29, 1.82) is 0 Å². The Morgan fingerprint density at radius 1 is 0.976 bits per heavy atom. The number of aryl methyl sites for hydroxylation is 2. The van der Waals surface area contributed by atoms with Crippen molar-refractivity contribution in [3.8, 4) is 5.69 Å². The fourth-order valence-electron chi connectivity index (χ4n) is 5.95. The van der Waals surface area contributed by atoms with Crippen LogP contribution in [0.2, 0.25) is 0 Å². The first-order valence-corrected chi connectivity index (χ1v) is 16.5. The van der Waals surface area contributed by atoms with Crippen molar-refractivity contribution >= 4 is 44.4 Å². The molecular formula is C32H38N6O2S2. The lowest BCUT2D eigenvalue weighted by Gasteiger charge is -2.29. The number of hydrogen-bond acceptors (Lipinski definition) is 5. The molecule has 1 aliphatic heterocycles. The number of aromatic nitrogens is 2. The minimum Gasteiger partial charge on any atom is -0.372 e. The highest BCUT2D eigenvalue weighted by Crippen LogP contribution is 2.44. The first-order chi connectivity index (χ1) is 20.0. The minimum atomic E-state index is -3.40. The molecule has 1 fully saturated rings. The van der Waals surface area contributed by atoms with Gasteiger partial charge in [-0.2, -0.15) is 0 Å². The van der Waals surface area contributed by atoms with Crippen molar-refractivity contribution in [3.63, 3.8) is 0 Å². The van der Waals surface area contributed by atoms with E-state index in [1.54, 1.807) is 12.3 Å². The Morgan fingerprint density at radius 3 is 2.26 bits per heavy atom. The largest absolute Gasteiger partial charge is 0.372 e. The molecule has 4 aromatic rings. The van der Waals surface area contributed by atoms with Gasteiger partial charge in [0.25, 0.3) is 0 Å². The van der Waals surface area contributed by atoms with Crippen molar-refractivity contribution in [1.82, 2.24) is 14.9 Å². The molecule has 2 aromatic carbocycles. The van der Waals surface area contributed by atoms with Crippen LogP contribution < -0.4 is 19.8 Å². The van der Waals surface area contributed by atoms with Gasteiger partial charge in [-0.1, -0.05) is 6.07 Å². The molecule has 1 aliphatic rings. The lowest BCUT2D eigenvalue weighted by Crippen LogP contribution is -2.29. The van der Waals surface area contributed by atoms with Crippen LogP contribution in [0.1, 0.15) is 54.1 Å². The van der Waals surface area contributed by atoms with Crippen LogP contribution >= 0.6 is 12.2 Å². The second kappa shape index (κ2) is 11.8. The average Bonchev–Trinajstić information content (AvgIpc) is 3.45. The molecule has 5 rings (SSSR count). The molecule has 8 nitrogen and oxygen atoms in total. The van der Waals surface area contributed by atoms with Gasteiger partial charge in [-0.15, -0.1) is 0 Å². The van der Waals surface area contributed by atoms with Crippen LogP contribution in [0.5, 0.6) is 0 Å². The van der Waals surface area contributed by atoms with E-state index in [4.69, 9.17) is 17.2 Å². The van der Waals surface area contributed by atoms with Crippen molar-refractivity contribution in [2.45, 2.75) is 46.7 Å². The number of hydrogen-bond donors (Lipinski definition) is 2. The number of benzene rings is 2. The molecule has 42 heavy (non-hydrogen) atoms. The van der Waals surface area contributed by atoms with E-state index >= 15 is 0 Å². The Kier molecular flexibility index (Phi) is 8.30. The maximum absolute atomic E-state index is 11.9. The summed E-state index contributed by atoms with van der Waals surface area (Å²) in [6, 6.07) is 22.2. The SMILES string of the molecule is CCN(CC)c1ccc(-n2c(C)cc([C@@H]3[C@@H](c4ccccn4)NC(=S)N3c3ccc(NS(C)(=O)=O)c(C)c3)c2C)cc1. The van der Waals surface area contributed by atoms with Crippen LogP contribution in [0.4, 0.5) is 17.1 Å². The number of sulfonamides is 1. The molecule has 0 spiro atoms. The highest BCUT2D eigenvalue weighted by atomic mass is 32.2. The van der Waals surface area contributed by atoms with Gasteiger partial charge in [0.05, 0.1) is 29.7 Å². The fourth-order valence-corrected chi connectivity index (χ4v) is 6.92. The van der Waals surface area contributed by atoms with E-state index in [1.807, 2.05) is 37.3 Å². The molecule has 0 saturated carbocycles. The summed E-state index contributed by atoms with van der Waals surface area (Å²) in [6.07, 6.45) is 2.95. The summed E-state index contributed by atoms with van der Waals surface area (Å²) in [4.78, 5) is 9.16.